The molecule has 1 amide bonds. The van der Waals surface area contributed by atoms with Gasteiger partial charge in [0.15, 0.2) is 11.4 Å². The minimum absolute atomic E-state index is 0.0245. The highest BCUT2D eigenvalue weighted by Gasteiger charge is 2.68. The van der Waals surface area contributed by atoms with Gasteiger partial charge in [0.25, 0.3) is 5.91 Å². The van der Waals surface area contributed by atoms with Gasteiger partial charge in [-0.3, -0.25) is 19.3 Å². The first kappa shape index (κ1) is 28.3. The van der Waals surface area contributed by atoms with Gasteiger partial charge in [-0.25, -0.2) is 9.59 Å². The summed E-state index contributed by atoms with van der Waals surface area (Å²) in [6.07, 6.45) is -1.59. The molecule has 14 nitrogen and oxygen atoms in total. The average Bonchev–Trinajstić information content (AvgIpc) is 2.81. The van der Waals surface area contributed by atoms with Crippen molar-refractivity contribution in [2.75, 3.05) is 14.1 Å². The fourth-order valence-corrected chi connectivity index (χ4v) is 5.58. The highest BCUT2D eigenvalue weighted by atomic mass is 16.4. The number of nitrogens with two attached hydrogens (primary N) is 1. The Morgan fingerprint density at radius 2 is 1.58 bits per heavy atom. The Morgan fingerprint density at radius 1 is 1.03 bits per heavy atom. The number of carboxylic acid groups (broad SMARTS) is 2. The molecule has 0 spiro atoms. The van der Waals surface area contributed by atoms with Crippen LogP contribution in [0.4, 0.5) is 0 Å². The standard InChI is InChI=1S/C22H24N2O8.C2H2O4/c1-7-8-5-4-6-9(25)11(8)16(26)12-10(7)17(27)14-15(24(2)3)18(28)13(21(23)31)20(30)22(14,32)19(12)29;3-1(4)2(5)6/h4-7,10,14-15,17,25-27,30,32H,1-3H3,(H2,23,31);(H,3,4)(H,5,6)/t7-,10+,14-,15-,17-,22-;/m0./s1. The molecule has 4 rings (SSSR count). The molecule has 0 saturated heterocycles. The first-order valence-corrected chi connectivity index (χ1v) is 11.1. The van der Waals surface area contributed by atoms with Crippen molar-refractivity contribution in [3.8, 4) is 5.75 Å². The zero-order valence-electron chi connectivity index (χ0n) is 20.3. The molecule has 1 fully saturated rings. The number of hydrogen-bond donors (Lipinski definition) is 8. The van der Waals surface area contributed by atoms with Gasteiger partial charge in [-0.05, 0) is 31.6 Å². The molecule has 0 heterocycles. The van der Waals surface area contributed by atoms with Gasteiger partial charge in [0, 0.05) is 11.5 Å². The van der Waals surface area contributed by atoms with Crippen LogP contribution in [0.15, 0.2) is 35.1 Å². The molecule has 38 heavy (non-hydrogen) atoms. The van der Waals surface area contributed by atoms with Crippen molar-refractivity contribution in [2.45, 2.75) is 30.6 Å². The Morgan fingerprint density at radius 3 is 2.05 bits per heavy atom. The lowest BCUT2D eigenvalue weighted by molar-refractivity contribution is -0.169. The summed E-state index contributed by atoms with van der Waals surface area (Å²) >= 11 is 0. The van der Waals surface area contributed by atoms with Crippen molar-refractivity contribution in [1.29, 1.82) is 0 Å². The second kappa shape index (κ2) is 9.55. The van der Waals surface area contributed by atoms with Crippen LogP contribution in [0.1, 0.15) is 24.0 Å². The number of fused-ring (bicyclic) bond motifs is 3. The molecular weight excluding hydrogens is 508 g/mol. The lowest BCUT2D eigenvalue weighted by Crippen LogP contribution is -2.70. The summed E-state index contributed by atoms with van der Waals surface area (Å²) in [4.78, 5) is 58.1. The van der Waals surface area contributed by atoms with Crippen molar-refractivity contribution in [1.82, 2.24) is 4.90 Å². The highest BCUT2D eigenvalue weighted by Crippen LogP contribution is 2.55. The SMILES string of the molecule is C[C@H]1c2cccc(O)c2C(O)=C2C(=O)[C@]3(O)C(O)=C(C(N)=O)C(=O)[C@@H](N(C)C)[C@H]3[C@@H](O)[C@@H]21.O=C(O)C(=O)O. The Hall–Kier alpha value is -4.27. The zero-order valence-corrected chi connectivity index (χ0v) is 20.3. The van der Waals surface area contributed by atoms with E-state index in [1.54, 1.807) is 19.1 Å². The number of primary amides is 1. The van der Waals surface area contributed by atoms with Gasteiger partial charge in [0.1, 0.15) is 22.8 Å². The van der Waals surface area contributed by atoms with Crippen LogP contribution in [-0.2, 0) is 24.0 Å². The largest absolute Gasteiger partial charge is 0.508 e. The zero-order chi connectivity index (χ0) is 29.0. The van der Waals surface area contributed by atoms with Crippen molar-refractivity contribution in [3.05, 3.63) is 46.2 Å². The molecule has 14 heteroatoms. The molecule has 1 aromatic rings. The monoisotopic (exact) mass is 534 g/mol. The number of aliphatic hydroxyl groups excluding tert-OH is 3. The summed E-state index contributed by atoms with van der Waals surface area (Å²) in [5.41, 5.74) is 1.47. The van der Waals surface area contributed by atoms with Crippen LogP contribution >= 0.6 is 0 Å². The molecule has 0 aliphatic heterocycles. The Bertz CT molecular complexity index is 1320. The number of aliphatic hydroxyl groups is 4. The highest BCUT2D eigenvalue weighted by molar-refractivity contribution is 6.27. The van der Waals surface area contributed by atoms with Gasteiger partial charge in [0.05, 0.1) is 23.6 Å². The van der Waals surface area contributed by atoms with Crippen LogP contribution in [0.5, 0.6) is 5.75 Å². The lowest BCUT2D eigenvalue weighted by Gasteiger charge is -2.53. The molecule has 0 unspecified atom stereocenters. The van der Waals surface area contributed by atoms with E-state index in [1.165, 1.54) is 25.1 Å². The Labute approximate surface area is 214 Å². The van der Waals surface area contributed by atoms with E-state index < -0.39 is 87.6 Å². The number of phenols is 1. The minimum atomic E-state index is -2.89. The lowest BCUT2D eigenvalue weighted by atomic mass is 9.54. The van der Waals surface area contributed by atoms with E-state index in [1.807, 2.05) is 0 Å². The van der Waals surface area contributed by atoms with E-state index in [9.17, 15) is 39.9 Å². The summed E-state index contributed by atoms with van der Waals surface area (Å²) in [7, 11) is 2.92. The maximum Gasteiger partial charge on any atom is 0.414 e. The molecule has 204 valence electrons. The van der Waals surface area contributed by atoms with Crippen molar-refractivity contribution >= 4 is 35.2 Å². The van der Waals surface area contributed by atoms with E-state index in [0.29, 0.717) is 5.56 Å². The Kier molecular flexibility index (Phi) is 7.12. The number of carboxylic acids is 2. The van der Waals surface area contributed by atoms with Crippen LogP contribution in [-0.4, -0.2) is 102 Å². The third kappa shape index (κ3) is 3.89. The van der Waals surface area contributed by atoms with Crippen LogP contribution in [0.2, 0.25) is 0 Å². The number of Topliss-reactive ketones (excluding diaryl/α,β-unsaturated/α-hetero) is 2. The number of likely N-dealkylation sites (N-methyl/N-ethyl adjacent to an activating group) is 1. The quantitative estimate of drug-likeness (QED) is 0.161. The molecular formula is C24H26N2O12. The van der Waals surface area contributed by atoms with E-state index in [-0.39, 0.29) is 11.3 Å². The number of aromatic hydroxyl groups is 1. The number of hydrogen-bond acceptors (Lipinski definition) is 11. The predicted molar refractivity (Wildman–Crippen MR) is 126 cm³/mol. The fraction of sp³-hybridized carbons (Fsp3) is 0.375. The molecule has 0 aromatic heterocycles. The van der Waals surface area contributed by atoms with E-state index >= 15 is 0 Å². The number of phenolic OH excluding ortho intramolecular Hbond substituents is 1. The normalized spacial score (nSPS) is 30.1. The van der Waals surface area contributed by atoms with Gasteiger partial charge >= 0.3 is 11.9 Å². The molecule has 1 saturated carbocycles. The van der Waals surface area contributed by atoms with E-state index in [2.05, 4.69) is 0 Å². The van der Waals surface area contributed by atoms with Crippen LogP contribution in [0.25, 0.3) is 5.76 Å². The van der Waals surface area contributed by atoms with Gasteiger partial charge in [0.2, 0.25) is 5.78 Å². The molecule has 3 aliphatic rings. The number of amides is 1. The third-order valence-electron chi connectivity index (χ3n) is 7.18. The van der Waals surface area contributed by atoms with Crippen molar-refractivity contribution < 1.29 is 59.7 Å². The molecule has 9 N–H and O–H groups in total. The van der Waals surface area contributed by atoms with Gasteiger partial charge in [-0.1, -0.05) is 19.1 Å². The summed E-state index contributed by atoms with van der Waals surface area (Å²) in [5, 5.41) is 69.7. The number of carbonyl (C=O) groups is 5. The summed E-state index contributed by atoms with van der Waals surface area (Å²) in [5.74, 6) is -12.5. The first-order chi connectivity index (χ1) is 17.5. The minimum Gasteiger partial charge on any atom is -0.508 e. The Balaban J connectivity index is 0.000000599. The molecule has 6 atom stereocenters. The van der Waals surface area contributed by atoms with E-state index in [0.717, 1.165) is 0 Å². The van der Waals surface area contributed by atoms with Gasteiger partial charge in [-0.2, -0.15) is 0 Å². The number of aliphatic carboxylic acids is 2. The molecule has 3 aliphatic carbocycles. The molecule has 1 aromatic carbocycles. The molecule has 0 bridgehead atoms. The van der Waals surface area contributed by atoms with Crippen LogP contribution < -0.4 is 5.73 Å². The first-order valence-electron chi connectivity index (χ1n) is 11.1. The van der Waals surface area contributed by atoms with Crippen LogP contribution in [0.3, 0.4) is 0 Å². The summed E-state index contributed by atoms with van der Waals surface area (Å²) in [6.45, 7) is 1.68. The maximum atomic E-state index is 13.7. The predicted octanol–water partition coefficient (Wildman–Crippen LogP) is -1.35. The van der Waals surface area contributed by atoms with Crippen LogP contribution in [0, 0.1) is 11.8 Å². The number of nitrogens with zero attached hydrogens (tertiary/aromatic N) is 1. The summed E-state index contributed by atoms with van der Waals surface area (Å²) in [6, 6.07) is 3.13. The smallest absolute Gasteiger partial charge is 0.414 e. The van der Waals surface area contributed by atoms with Crippen molar-refractivity contribution in [2.24, 2.45) is 17.6 Å². The third-order valence-corrected chi connectivity index (χ3v) is 7.18. The average molecular weight is 534 g/mol. The maximum absolute atomic E-state index is 13.7. The van der Waals surface area contributed by atoms with E-state index in [4.69, 9.17) is 25.5 Å². The summed E-state index contributed by atoms with van der Waals surface area (Å²) < 4.78 is 0. The van der Waals surface area contributed by atoms with Crippen molar-refractivity contribution in [3.63, 3.8) is 0 Å². The second-order valence-electron chi connectivity index (χ2n) is 9.40. The molecule has 0 radical (unpaired) electrons. The van der Waals surface area contributed by atoms with Gasteiger partial charge < -0.3 is 41.5 Å². The van der Waals surface area contributed by atoms with Gasteiger partial charge in [-0.15, -0.1) is 0 Å². The number of ketones is 2. The number of benzene rings is 1. The second-order valence-corrected chi connectivity index (χ2v) is 9.40. The fourth-order valence-electron chi connectivity index (χ4n) is 5.58. The number of rotatable bonds is 2. The topological polar surface area (TPSA) is 256 Å². The number of carbonyl (C=O) groups excluding carboxylic acids is 3.